The first-order valence-electron chi connectivity index (χ1n) is 21.0. The summed E-state index contributed by atoms with van der Waals surface area (Å²) >= 11 is 0. The second-order valence-electron chi connectivity index (χ2n) is 16.8. The van der Waals surface area contributed by atoms with E-state index in [1.54, 1.807) is 54.1 Å². The second kappa shape index (κ2) is 21.9. The summed E-state index contributed by atoms with van der Waals surface area (Å²) in [6, 6.07) is 5.91. The highest BCUT2D eigenvalue weighted by Crippen LogP contribution is 2.48. The van der Waals surface area contributed by atoms with Gasteiger partial charge in [0, 0.05) is 42.4 Å². The number of hydrogen-bond donors (Lipinski definition) is 3. The summed E-state index contributed by atoms with van der Waals surface area (Å²) in [6.45, 7) is 9.91. The Morgan fingerprint density at radius 1 is 0.892 bits per heavy atom. The molecule has 0 unspecified atom stereocenters. The van der Waals surface area contributed by atoms with Gasteiger partial charge in [-0.1, -0.05) is 45.4 Å². The van der Waals surface area contributed by atoms with Crippen LogP contribution in [0.5, 0.6) is 0 Å². The van der Waals surface area contributed by atoms with E-state index in [-0.39, 0.29) is 68.0 Å². The summed E-state index contributed by atoms with van der Waals surface area (Å²) in [5, 5.41) is 0.397. The minimum absolute atomic E-state index is 0.0329. The fourth-order valence-corrected chi connectivity index (χ4v) is 9.03. The Balaban J connectivity index is 1.47. The SMILES string of the molecule is CCCC(=O)N(C=O)OC(=O)CCCCCONC(=O)c1cc2c([n+](CCCS(C)(=O)=O)c1)N=C(/C=C/C=C/C=C1/N(CCCS(=O)(=O)O)c3ccc(S(=O)(=O)O)cc3C1(C)C)C2(C)C. The first-order valence-corrected chi connectivity index (χ1v) is 26.1. The smallest absolute Gasteiger partial charge is 0.333 e. The van der Waals surface area contributed by atoms with Gasteiger partial charge in [0.25, 0.3) is 38.5 Å². The predicted octanol–water partition coefficient (Wildman–Crippen LogP) is 4.56. The third kappa shape index (κ3) is 14.4. The molecule has 3 heterocycles. The number of nitrogens with one attached hydrogen (secondary N) is 1. The summed E-state index contributed by atoms with van der Waals surface area (Å²) in [6.07, 6.45) is 14.0. The molecule has 0 radical (unpaired) electrons. The predicted molar refractivity (Wildman–Crippen MR) is 241 cm³/mol. The van der Waals surface area contributed by atoms with Crippen molar-refractivity contribution in [1.82, 2.24) is 10.5 Å². The molecule has 4 rings (SSSR count). The fourth-order valence-electron chi connectivity index (χ4n) is 7.38. The minimum Gasteiger partial charge on any atom is -0.344 e. The Hall–Kier alpha value is -5.13. The van der Waals surface area contributed by atoms with Crippen molar-refractivity contribution in [3.63, 3.8) is 0 Å². The van der Waals surface area contributed by atoms with Gasteiger partial charge in [0.2, 0.25) is 0 Å². The van der Waals surface area contributed by atoms with Crippen LogP contribution in [0.1, 0.15) is 107 Å². The number of aromatic nitrogens is 1. The lowest BCUT2D eigenvalue weighted by Gasteiger charge is -2.27. The summed E-state index contributed by atoms with van der Waals surface area (Å²) in [5.41, 5.74) is 4.46. The van der Waals surface area contributed by atoms with E-state index >= 15 is 0 Å². The lowest BCUT2D eigenvalue weighted by Crippen LogP contribution is -2.38. The Morgan fingerprint density at radius 2 is 1.62 bits per heavy atom. The molecule has 1 aromatic heterocycles. The molecule has 65 heavy (non-hydrogen) atoms. The van der Waals surface area contributed by atoms with Crippen molar-refractivity contribution in [2.45, 2.75) is 108 Å². The van der Waals surface area contributed by atoms with E-state index in [2.05, 4.69) is 5.48 Å². The summed E-state index contributed by atoms with van der Waals surface area (Å²) in [5.74, 6) is -1.90. The maximum Gasteiger partial charge on any atom is 0.333 e. The number of unbranched alkanes of at least 4 members (excludes halogenated alkanes) is 2. The molecule has 0 saturated heterocycles. The van der Waals surface area contributed by atoms with Crippen LogP contribution >= 0.6 is 0 Å². The molecular weight excluding hydrogens is 907 g/mol. The van der Waals surface area contributed by atoms with E-state index in [1.165, 1.54) is 12.1 Å². The van der Waals surface area contributed by atoms with Crippen LogP contribution < -0.4 is 14.9 Å². The topological polar surface area (TPSA) is 264 Å². The maximum atomic E-state index is 13.4. The number of nitrogens with zero attached hydrogens (tertiary/aromatic N) is 4. The van der Waals surface area contributed by atoms with E-state index in [0.717, 1.165) is 6.26 Å². The number of imide groups is 1. The minimum atomic E-state index is -4.50. The van der Waals surface area contributed by atoms with Crippen molar-refractivity contribution in [3.8, 4) is 0 Å². The van der Waals surface area contributed by atoms with Crippen molar-refractivity contribution < 1.29 is 67.8 Å². The molecule has 3 N–H and O–H groups in total. The number of hydrogen-bond acceptors (Lipinski definition) is 14. The molecule has 3 amide bonds. The van der Waals surface area contributed by atoms with Crippen molar-refractivity contribution in [2.24, 2.45) is 4.99 Å². The highest BCUT2D eigenvalue weighted by molar-refractivity contribution is 7.90. The molecule has 1 aromatic carbocycles. The number of fused-ring (bicyclic) bond motifs is 2. The van der Waals surface area contributed by atoms with Crippen molar-refractivity contribution >= 4 is 71.5 Å². The zero-order valence-electron chi connectivity index (χ0n) is 37.4. The van der Waals surface area contributed by atoms with Gasteiger partial charge >= 0.3 is 11.8 Å². The lowest BCUT2D eigenvalue weighted by atomic mass is 9.81. The number of benzene rings is 1. The third-order valence-corrected chi connectivity index (χ3v) is 13.5. The van der Waals surface area contributed by atoms with Crippen LogP contribution in [0.4, 0.5) is 11.5 Å². The molecule has 2 aliphatic rings. The number of sulfone groups is 1. The molecule has 22 heteroatoms. The molecular formula is C43H58N5O14S3+. The number of anilines is 1. The summed E-state index contributed by atoms with van der Waals surface area (Å²) in [7, 11) is -12.0. The molecule has 19 nitrogen and oxygen atoms in total. The standard InChI is InChI=1S/C43H57N5O14S3/c1-7-16-38(50)48(30-49)62-39(51)19-12-9-13-24-61-45-41(52)31-27-34-40(46(29-31)22-14-25-63(6,53)54)44-36(42(34,2)3)17-10-8-11-18-37-43(4,5)33-28-32(65(58,59)60)20-21-35(33)47(37)23-15-26-64(55,56)57/h8,10-11,17-18,20-21,27-30H,7,9,12-16,19,22-26H2,1-6H3,(H2-,45,52,55,56,57,58,59,60)/p+1. The van der Waals surface area contributed by atoms with Gasteiger partial charge in [-0.2, -0.15) is 16.8 Å². The van der Waals surface area contributed by atoms with Gasteiger partial charge in [-0.15, -0.1) is 5.06 Å². The normalized spacial score (nSPS) is 16.2. The van der Waals surface area contributed by atoms with Gasteiger partial charge in [-0.25, -0.2) is 23.3 Å². The highest BCUT2D eigenvalue weighted by Gasteiger charge is 2.43. The number of carbonyl (C=O) groups excluding carboxylic acids is 4. The molecule has 356 valence electrons. The molecule has 0 fully saturated rings. The molecule has 0 spiro atoms. The van der Waals surface area contributed by atoms with Gasteiger partial charge in [-0.3, -0.25) is 28.3 Å². The number of aryl methyl sites for hydroxylation is 1. The molecule has 2 aromatic rings. The number of amides is 3. The Kier molecular flexibility index (Phi) is 17.7. The third-order valence-electron chi connectivity index (χ3n) is 10.8. The number of rotatable bonds is 23. The zero-order valence-corrected chi connectivity index (χ0v) is 39.8. The molecule has 0 bridgehead atoms. The van der Waals surface area contributed by atoms with Gasteiger partial charge in [0.1, 0.15) is 16.0 Å². The number of carbonyl (C=O) groups is 4. The van der Waals surface area contributed by atoms with Crippen LogP contribution in [0.2, 0.25) is 0 Å². The maximum absolute atomic E-state index is 13.4. The van der Waals surface area contributed by atoms with E-state index in [4.69, 9.17) is 14.7 Å². The van der Waals surface area contributed by atoms with Gasteiger partial charge < -0.3 is 9.74 Å². The van der Waals surface area contributed by atoms with E-state index < -0.39 is 64.4 Å². The molecule has 0 atom stereocenters. The van der Waals surface area contributed by atoms with Crippen LogP contribution in [-0.4, -0.2) is 100 Å². The average molecular weight is 965 g/mol. The Bertz CT molecular complexity index is 2600. The molecule has 0 aliphatic carbocycles. The average Bonchev–Trinajstić information content (AvgIpc) is 3.58. The quantitative estimate of drug-likeness (QED) is 0.0344. The van der Waals surface area contributed by atoms with Crippen LogP contribution in [0.3, 0.4) is 0 Å². The first kappa shape index (κ1) is 52.5. The number of hydroxylamine groups is 3. The summed E-state index contributed by atoms with van der Waals surface area (Å²) < 4.78 is 91.7. The monoisotopic (exact) mass is 964 g/mol. The first-order chi connectivity index (χ1) is 30.3. The summed E-state index contributed by atoms with van der Waals surface area (Å²) in [4.78, 5) is 65.1. The van der Waals surface area contributed by atoms with Gasteiger partial charge in [-0.05, 0) is 92.9 Å². The van der Waals surface area contributed by atoms with E-state index in [0.29, 0.717) is 64.8 Å². The Labute approximate surface area is 380 Å². The van der Waals surface area contributed by atoms with Crippen molar-refractivity contribution in [3.05, 3.63) is 83.2 Å². The zero-order chi connectivity index (χ0) is 48.4. The molecule has 0 saturated carbocycles. The van der Waals surface area contributed by atoms with Crippen LogP contribution in [0.25, 0.3) is 0 Å². The highest BCUT2D eigenvalue weighted by atomic mass is 32.2. The largest absolute Gasteiger partial charge is 0.344 e. The van der Waals surface area contributed by atoms with Crippen molar-refractivity contribution in [2.75, 3.05) is 35.8 Å². The number of allylic oxidation sites excluding steroid dienone is 6. The van der Waals surface area contributed by atoms with Gasteiger partial charge in [0.15, 0.2) is 5.71 Å². The second-order valence-corrected chi connectivity index (χ2v) is 22.0. The van der Waals surface area contributed by atoms with Crippen molar-refractivity contribution in [1.29, 1.82) is 0 Å². The number of pyridine rings is 1. The fraction of sp³-hybridized carbons (Fsp3) is 0.488. The van der Waals surface area contributed by atoms with Crippen LogP contribution in [0.15, 0.2) is 76.4 Å². The van der Waals surface area contributed by atoms with Crippen LogP contribution in [-0.2, 0) is 71.5 Å². The molecule has 2 aliphatic heterocycles. The number of aliphatic imine (C=N–C) groups is 1. The van der Waals surface area contributed by atoms with Gasteiger partial charge in [0.05, 0.1) is 46.1 Å². The Morgan fingerprint density at radius 3 is 2.26 bits per heavy atom. The van der Waals surface area contributed by atoms with E-state index in [9.17, 15) is 53.5 Å². The van der Waals surface area contributed by atoms with E-state index in [1.807, 2.05) is 38.7 Å². The van der Waals surface area contributed by atoms with Crippen LogP contribution in [0, 0.1) is 0 Å². The lowest BCUT2D eigenvalue weighted by molar-refractivity contribution is -0.684.